The summed E-state index contributed by atoms with van der Waals surface area (Å²) in [6.07, 6.45) is 3.08. The molecule has 1 aliphatic rings. The molecule has 24 heavy (non-hydrogen) atoms. The van der Waals surface area contributed by atoms with Gasteiger partial charge in [0.05, 0.1) is 11.8 Å². The fourth-order valence-corrected chi connectivity index (χ4v) is 3.14. The minimum Gasteiger partial charge on any atom is -0.481 e. The molecule has 2 aromatic rings. The molecule has 1 fully saturated rings. The number of furan rings is 1. The van der Waals surface area contributed by atoms with E-state index in [0.717, 1.165) is 18.4 Å². The topological polar surface area (TPSA) is 79.5 Å². The van der Waals surface area contributed by atoms with Gasteiger partial charge in [0.15, 0.2) is 0 Å². The second-order valence-electron chi connectivity index (χ2n) is 6.26. The first-order chi connectivity index (χ1) is 11.4. The molecule has 126 valence electrons. The van der Waals surface area contributed by atoms with Gasteiger partial charge in [-0.25, -0.2) is 0 Å². The van der Waals surface area contributed by atoms with Crippen molar-refractivity contribution < 1.29 is 19.1 Å². The molecule has 0 spiro atoms. The van der Waals surface area contributed by atoms with Crippen LogP contribution in [-0.4, -0.2) is 23.5 Å². The molecule has 1 aromatic carbocycles. The summed E-state index contributed by atoms with van der Waals surface area (Å²) in [5.41, 5.74) is 1.99. The molecule has 1 heterocycles. The van der Waals surface area contributed by atoms with Crippen molar-refractivity contribution in [3.05, 3.63) is 58.0 Å². The summed E-state index contributed by atoms with van der Waals surface area (Å²) in [6, 6.07) is 7.68. The second kappa shape index (κ2) is 6.32. The monoisotopic (exact) mass is 347 g/mol. The third-order valence-electron chi connectivity index (χ3n) is 4.47. The van der Waals surface area contributed by atoms with Gasteiger partial charge in [-0.1, -0.05) is 23.7 Å². The van der Waals surface area contributed by atoms with Crippen LogP contribution in [0.25, 0.3) is 0 Å². The lowest BCUT2D eigenvalue weighted by atomic mass is 9.96. The normalized spacial score (nSPS) is 15.1. The fraction of sp³-hybridized carbons (Fsp3) is 0.333. The van der Waals surface area contributed by atoms with Crippen LogP contribution in [-0.2, 0) is 16.6 Å². The van der Waals surface area contributed by atoms with E-state index in [4.69, 9.17) is 21.1 Å². The van der Waals surface area contributed by atoms with Crippen LogP contribution in [0, 0.1) is 6.92 Å². The van der Waals surface area contributed by atoms with Gasteiger partial charge < -0.3 is 14.8 Å². The van der Waals surface area contributed by atoms with Crippen molar-refractivity contribution in [3.8, 4) is 0 Å². The number of carboxylic acids is 1. The molecule has 0 radical (unpaired) electrons. The number of aliphatic carboxylic acids is 1. The van der Waals surface area contributed by atoms with Gasteiger partial charge in [-0.3, -0.25) is 9.59 Å². The number of carboxylic acid groups (broad SMARTS) is 1. The van der Waals surface area contributed by atoms with Crippen LogP contribution in [0.15, 0.2) is 34.9 Å². The first-order valence-corrected chi connectivity index (χ1v) is 8.12. The van der Waals surface area contributed by atoms with Crippen LogP contribution in [0.3, 0.4) is 0 Å². The Balaban J connectivity index is 1.72. The van der Waals surface area contributed by atoms with Crippen molar-refractivity contribution in [3.63, 3.8) is 0 Å². The molecular formula is C18H18ClNO4. The third kappa shape index (κ3) is 3.31. The zero-order chi connectivity index (χ0) is 17.3. The molecule has 0 aliphatic heterocycles. The number of carbonyl (C=O) groups is 2. The quantitative estimate of drug-likeness (QED) is 0.840. The highest BCUT2D eigenvalue weighted by atomic mass is 35.5. The number of carbonyl (C=O) groups excluding carboxylic acids is 1. The average molecular weight is 348 g/mol. The van der Waals surface area contributed by atoms with Crippen LogP contribution in [0.5, 0.6) is 0 Å². The third-order valence-corrected chi connectivity index (χ3v) is 4.70. The van der Waals surface area contributed by atoms with Crippen molar-refractivity contribution in [1.82, 2.24) is 5.32 Å². The highest BCUT2D eigenvalue weighted by Crippen LogP contribution is 2.48. The predicted octanol–water partition coefficient (Wildman–Crippen LogP) is 3.33. The zero-order valence-corrected chi connectivity index (χ0v) is 14.0. The average Bonchev–Trinajstić information content (AvgIpc) is 3.24. The Morgan fingerprint density at radius 3 is 2.75 bits per heavy atom. The molecule has 6 heteroatoms. The molecule has 5 nitrogen and oxygen atoms in total. The van der Waals surface area contributed by atoms with Crippen LogP contribution >= 0.6 is 11.6 Å². The Hall–Kier alpha value is -2.27. The summed E-state index contributed by atoms with van der Waals surface area (Å²) >= 11 is 6.06. The SMILES string of the molecule is Cc1coc(CC(=O)O)c1C(=O)NCC1(c2cccc(Cl)c2)CC1. The number of halogens is 1. The maximum Gasteiger partial charge on any atom is 0.311 e. The minimum absolute atomic E-state index is 0.0782. The molecule has 2 N–H and O–H groups in total. The molecular weight excluding hydrogens is 330 g/mol. The summed E-state index contributed by atoms with van der Waals surface area (Å²) in [7, 11) is 0. The number of amides is 1. The first kappa shape index (κ1) is 16.6. The van der Waals surface area contributed by atoms with E-state index in [9.17, 15) is 9.59 Å². The smallest absolute Gasteiger partial charge is 0.311 e. The summed E-state index contributed by atoms with van der Waals surface area (Å²) in [4.78, 5) is 23.4. The largest absolute Gasteiger partial charge is 0.481 e. The molecule has 0 saturated heterocycles. The maximum absolute atomic E-state index is 12.5. The van der Waals surface area contributed by atoms with Crippen molar-refractivity contribution in [2.45, 2.75) is 31.6 Å². The van der Waals surface area contributed by atoms with Gasteiger partial charge in [0.25, 0.3) is 5.91 Å². The number of rotatable bonds is 6. The number of hydrogen-bond acceptors (Lipinski definition) is 3. The Bertz CT molecular complexity index is 792. The first-order valence-electron chi connectivity index (χ1n) is 7.74. The molecule has 1 amide bonds. The summed E-state index contributed by atoms with van der Waals surface area (Å²) in [5.74, 6) is -1.15. The standard InChI is InChI=1S/C18H18ClNO4/c1-11-9-24-14(8-15(21)22)16(11)17(23)20-10-18(5-6-18)12-3-2-4-13(19)7-12/h2-4,7,9H,5-6,8,10H2,1H3,(H,20,23)(H,21,22). The summed E-state index contributed by atoms with van der Waals surface area (Å²) in [6.45, 7) is 2.22. The van der Waals surface area contributed by atoms with Crippen LogP contribution < -0.4 is 5.32 Å². The van der Waals surface area contributed by atoms with Crippen molar-refractivity contribution in [1.29, 1.82) is 0 Å². The van der Waals surface area contributed by atoms with Crippen molar-refractivity contribution in [2.75, 3.05) is 6.54 Å². The zero-order valence-electron chi connectivity index (χ0n) is 13.3. The van der Waals surface area contributed by atoms with E-state index in [1.54, 1.807) is 6.92 Å². The van der Waals surface area contributed by atoms with Gasteiger partial charge in [-0.2, -0.15) is 0 Å². The number of nitrogens with one attached hydrogen (secondary N) is 1. The summed E-state index contributed by atoms with van der Waals surface area (Å²) in [5, 5.41) is 12.5. The fourth-order valence-electron chi connectivity index (χ4n) is 2.95. The minimum atomic E-state index is -1.03. The maximum atomic E-state index is 12.5. The highest BCUT2D eigenvalue weighted by Gasteiger charge is 2.44. The van der Waals surface area contributed by atoms with Crippen molar-refractivity contribution >= 4 is 23.5 Å². The van der Waals surface area contributed by atoms with Crippen LogP contribution in [0.4, 0.5) is 0 Å². The van der Waals surface area contributed by atoms with E-state index < -0.39 is 5.97 Å². The Morgan fingerprint density at radius 2 is 2.12 bits per heavy atom. The number of hydrogen-bond donors (Lipinski definition) is 2. The number of aryl methyl sites for hydroxylation is 1. The molecule has 1 aliphatic carbocycles. The van der Waals surface area contributed by atoms with E-state index in [2.05, 4.69) is 5.32 Å². The van der Waals surface area contributed by atoms with Crippen LogP contribution in [0.1, 0.15) is 40.1 Å². The Labute approximate surface area is 144 Å². The lowest BCUT2D eigenvalue weighted by Gasteiger charge is -2.17. The Morgan fingerprint density at radius 1 is 1.38 bits per heavy atom. The molecule has 3 rings (SSSR count). The molecule has 0 atom stereocenters. The lowest BCUT2D eigenvalue weighted by Crippen LogP contribution is -2.33. The van der Waals surface area contributed by atoms with E-state index in [-0.39, 0.29) is 23.5 Å². The van der Waals surface area contributed by atoms with Gasteiger partial charge in [0.2, 0.25) is 0 Å². The van der Waals surface area contributed by atoms with E-state index in [1.165, 1.54) is 6.26 Å². The molecule has 1 aromatic heterocycles. The molecule has 0 unspecified atom stereocenters. The lowest BCUT2D eigenvalue weighted by molar-refractivity contribution is -0.136. The van der Waals surface area contributed by atoms with Crippen LogP contribution in [0.2, 0.25) is 5.02 Å². The summed E-state index contributed by atoms with van der Waals surface area (Å²) < 4.78 is 5.22. The van der Waals surface area contributed by atoms with E-state index >= 15 is 0 Å². The van der Waals surface area contributed by atoms with Gasteiger partial charge >= 0.3 is 5.97 Å². The van der Waals surface area contributed by atoms with E-state index in [1.807, 2.05) is 24.3 Å². The van der Waals surface area contributed by atoms with Gasteiger partial charge in [-0.15, -0.1) is 0 Å². The Kier molecular flexibility index (Phi) is 4.37. The van der Waals surface area contributed by atoms with E-state index in [0.29, 0.717) is 22.7 Å². The van der Waals surface area contributed by atoms with Gasteiger partial charge in [0, 0.05) is 22.5 Å². The van der Waals surface area contributed by atoms with Crippen molar-refractivity contribution in [2.24, 2.45) is 0 Å². The van der Waals surface area contributed by atoms with Gasteiger partial charge in [0.1, 0.15) is 12.2 Å². The number of benzene rings is 1. The predicted molar refractivity (Wildman–Crippen MR) is 89.5 cm³/mol. The molecule has 1 saturated carbocycles. The second-order valence-corrected chi connectivity index (χ2v) is 6.70. The van der Waals surface area contributed by atoms with Gasteiger partial charge in [-0.05, 0) is 37.5 Å². The highest BCUT2D eigenvalue weighted by molar-refractivity contribution is 6.30. The molecule has 0 bridgehead atoms.